The van der Waals surface area contributed by atoms with Crippen molar-refractivity contribution >= 4 is 17.6 Å². The Bertz CT molecular complexity index is 435. The van der Waals surface area contributed by atoms with E-state index in [9.17, 15) is 9.18 Å². The van der Waals surface area contributed by atoms with Crippen molar-refractivity contribution in [3.63, 3.8) is 0 Å². The second-order valence-electron chi connectivity index (χ2n) is 4.36. The van der Waals surface area contributed by atoms with Crippen LogP contribution in [0.25, 0.3) is 0 Å². The highest BCUT2D eigenvalue weighted by Gasteiger charge is 2.37. The summed E-state index contributed by atoms with van der Waals surface area (Å²) in [4.78, 5) is 11.6. The average Bonchev–Trinajstić information content (AvgIpc) is 2.27. The van der Waals surface area contributed by atoms with Crippen molar-refractivity contribution in [2.75, 3.05) is 7.11 Å². The quantitative estimate of drug-likeness (QED) is 0.849. The van der Waals surface area contributed by atoms with Gasteiger partial charge < -0.3 is 10.5 Å². The van der Waals surface area contributed by atoms with Crippen molar-refractivity contribution < 1.29 is 13.9 Å². The number of hydrogen-bond donors (Lipinski definition) is 1. The van der Waals surface area contributed by atoms with Crippen LogP contribution in [0.4, 0.5) is 4.39 Å². The van der Waals surface area contributed by atoms with E-state index < -0.39 is 23.2 Å². The number of methoxy groups -OCH3 is 1. The first-order valence-corrected chi connectivity index (χ1v) is 5.47. The van der Waals surface area contributed by atoms with Crippen LogP contribution in [-0.4, -0.2) is 13.1 Å². The average molecular weight is 260 g/mol. The van der Waals surface area contributed by atoms with Gasteiger partial charge in [0.05, 0.1) is 12.5 Å². The minimum absolute atomic E-state index is 0.203. The SMILES string of the molecule is COC(=O)C(C)(C)[C@H](N)c1ccc(F)cc1Cl. The Kier molecular flexibility index (Phi) is 4.11. The molecular weight excluding hydrogens is 245 g/mol. The van der Waals surface area contributed by atoms with Crippen LogP contribution in [0.2, 0.25) is 5.02 Å². The number of rotatable bonds is 3. The van der Waals surface area contributed by atoms with Crippen LogP contribution in [0, 0.1) is 11.2 Å². The molecular formula is C12H15ClFNO2. The van der Waals surface area contributed by atoms with Crippen molar-refractivity contribution in [1.29, 1.82) is 0 Å². The first kappa shape index (κ1) is 13.9. The molecule has 0 unspecified atom stereocenters. The van der Waals surface area contributed by atoms with Gasteiger partial charge in [-0.25, -0.2) is 4.39 Å². The Morgan fingerprint density at radius 1 is 1.53 bits per heavy atom. The third-order valence-electron chi connectivity index (χ3n) is 2.79. The maximum Gasteiger partial charge on any atom is 0.313 e. The summed E-state index contributed by atoms with van der Waals surface area (Å²) < 4.78 is 17.6. The lowest BCUT2D eigenvalue weighted by atomic mass is 9.81. The molecule has 0 heterocycles. The second-order valence-corrected chi connectivity index (χ2v) is 4.76. The van der Waals surface area contributed by atoms with Gasteiger partial charge in [0.1, 0.15) is 5.82 Å². The van der Waals surface area contributed by atoms with Gasteiger partial charge in [-0.3, -0.25) is 4.79 Å². The summed E-state index contributed by atoms with van der Waals surface area (Å²) in [6, 6.07) is 3.24. The van der Waals surface area contributed by atoms with Crippen LogP contribution < -0.4 is 5.73 Å². The van der Waals surface area contributed by atoms with Gasteiger partial charge in [0.25, 0.3) is 0 Å². The zero-order valence-corrected chi connectivity index (χ0v) is 10.7. The van der Waals surface area contributed by atoms with E-state index in [4.69, 9.17) is 17.3 Å². The molecule has 0 spiro atoms. The molecule has 0 radical (unpaired) electrons. The van der Waals surface area contributed by atoms with E-state index in [-0.39, 0.29) is 5.02 Å². The molecule has 0 fully saturated rings. The number of hydrogen-bond acceptors (Lipinski definition) is 3. The van der Waals surface area contributed by atoms with Gasteiger partial charge in [0.2, 0.25) is 0 Å². The number of nitrogens with two attached hydrogens (primary N) is 1. The summed E-state index contributed by atoms with van der Waals surface area (Å²) in [6.07, 6.45) is 0. The molecule has 3 nitrogen and oxygen atoms in total. The summed E-state index contributed by atoms with van der Waals surface area (Å²) in [5.41, 5.74) is 5.58. The fourth-order valence-electron chi connectivity index (χ4n) is 1.53. The van der Waals surface area contributed by atoms with Crippen molar-refractivity contribution in [2.45, 2.75) is 19.9 Å². The van der Waals surface area contributed by atoms with Crippen molar-refractivity contribution in [3.05, 3.63) is 34.6 Å². The van der Waals surface area contributed by atoms with E-state index in [1.54, 1.807) is 13.8 Å². The Morgan fingerprint density at radius 3 is 2.59 bits per heavy atom. The molecule has 0 aromatic heterocycles. The molecule has 1 rings (SSSR count). The zero-order valence-electron chi connectivity index (χ0n) is 9.96. The number of ether oxygens (including phenoxy) is 1. The van der Waals surface area contributed by atoms with Crippen molar-refractivity contribution in [1.82, 2.24) is 0 Å². The third-order valence-corrected chi connectivity index (χ3v) is 3.11. The molecule has 5 heteroatoms. The molecule has 0 saturated heterocycles. The number of benzene rings is 1. The van der Waals surface area contributed by atoms with Crippen LogP contribution in [0.15, 0.2) is 18.2 Å². The first-order valence-electron chi connectivity index (χ1n) is 5.09. The molecule has 0 amide bonds. The Labute approximate surface area is 105 Å². The minimum Gasteiger partial charge on any atom is -0.469 e. The minimum atomic E-state index is -0.934. The summed E-state index contributed by atoms with van der Waals surface area (Å²) in [5, 5.41) is 0.203. The summed E-state index contributed by atoms with van der Waals surface area (Å²) in [6.45, 7) is 3.31. The van der Waals surface area contributed by atoms with Gasteiger partial charge in [0.15, 0.2) is 0 Å². The standard InChI is InChI=1S/C12H15ClFNO2/c1-12(2,11(16)17-3)10(15)8-5-4-7(14)6-9(8)13/h4-6,10H,15H2,1-3H3/t10-/m1/s1. The van der Waals surface area contributed by atoms with Gasteiger partial charge >= 0.3 is 5.97 Å². The van der Waals surface area contributed by atoms with Crippen LogP contribution in [0.3, 0.4) is 0 Å². The maximum atomic E-state index is 12.9. The summed E-state index contributed by atoms with van der Waals surface area (Å²) in [7, 11) is 1.29. The van der Waals surface area contributed by atoms with E-state index in [2.05, 4.69) is 4.74 Å². The lowest BCUT2D eigenvalue weighted by molar-refractivity contribution is -0.152. The Hall–Kier alpha value is -1.13. The van der Waals surface area contributed by atoms with E-state index in [0.717, 1.165) is 0 Å². The lowest BCUT2D eigenvalue weighted by Crippen LogP contribution is -2.37. The number of halogens is 2. The monoisotopic (exact) mass is 259 g/mol. The molecule has 0 saturated carbocycles. The Morgan fingerprint density at radius 2 is 2.12 bits per heavy atom. The summed E-state index contributed by atoms with van der Waals surface area (Å²) >= 11 is 5.91. The maximum absolute atomic E-state index is 12.9. The predicted octanol–water partition coefficient (Wildman–Crippen LogP) is 2.68. The largest absolute Gasteiger partial charge is 0.469 e. The molecule has 1 atom stereocenters. The van der Waals surface area contributed by atoms with Gasteiger partial charge in [0, 0.05) is 11.1 Å². The van der Waals surface area contributed by atoms with Crippen molar-refractivity contribution in [3.8, 4) is 0 Å². The first-order chi connectivity index (χ1) is 7.80. The topological polar surface area (TPSA) is 52.3 Å². The molecule has 94 valence electrons. The van der Waals surface area contributed by atoms with E-state index in [1.165, 1.54) is 25.3 Å². The van der Waals surface area contributed by atoms with Crippen LogP contribution in [0.1, 0.15) is 25.5 Å². The fourth-order valence-corrected chi connectivity index (χ4v) is 1.82. The number of esters is 1. The molecule has 2 N–H and O–H groups in total. The van der Waals surface area contributed by atoms with E-state index in [1.807, 2.05) is 0 Å². The highest BCUT2D eigenvalue weighted by Crippen LogP contribution is 2.35. The molecule has 17 heavy (non-hydrogen) atoms. The fraction of sp³-hybridized carbons (Fsp3) is 0.417. The third kappa shape index (κ3) is 2.76. The van der Waals surface area contributed by atoms with Crippen LogP contribution >= 0.6 is 11.6 Å². The molecule has 0 aliphatic rings. The number of carbonyl (C=O) groups is 1. The van der Waals surface area contributed by atoms with Gasteiger partial charge in [-0.2, -0.15) is 0 Å². The lowest BCUT2D eigenvalue weighted by Gasteiger charge is -2.29. The molecule has 0 aliphatic heterocycles. The Balaban J connectivity index is 3.11. The second kappa shape index (κ2) is 5.02. The zero-order chi connectivity index (χ0) is 13.2. The number of carbonyl (C=O) groups excluding carboxylic acids is 1. The van der Waals surface area contributed by atoms with Gasteiger partial charge in [-0.1, -0.05) is 17.7 Å². The van der Waals surface area contributed by atoms with Crippen LogP contribution in [-0.2, 0) is 9.53 Å². The molecule has 1 aromatic carbocycles. The highest BCUT2D eigenvalue weighted by atomic mass is 35.5. The predicted molar refractivity (Wildman–Crippen MR) is 64.1 cm³/mol. The van der Waals surface area contributed by atoms with Gasteiger partial charge in [-0.15, -0.1) is 0 Å². The highest BCUT2D eigenvalue weighted by molar-refractivity contribution is 6.31. The van der Waals surface area contributed by atoms with Gasteiger partial charge in [-0.05, 0) is 31.5 Å². The summed E-state index contributed by atoms with van der Waals surface area (Å²) in [5.74, 6) is -0.882. The molecule has 1 aromatic rings. The van der Waals surface area contributed by atoms with E-state index >= 15 is 0 Å². The molecule has 0 bridgehead atoms. The molecule has 0 aliphatic carbocycles. The normalized spacial score (nSPS) is 13.3. The van der Waals surface area contributed by atoms with Crippen LogP contribution in [0.5, 0.6) is 0 Å². The van der Waals surface area contributed by atoms with E-state index in [0.29, 0.717) is 5.56 Å². The van der Waals surface area contributed by atoms with Crippen molar-refractivity contribution in [2.24, 2.45) is 11.1 Å². The smallest absolute Gasteiger partial charge is 0.313 e.